The van der Waals surface area contributed by atoms with Crippen LogP contribution in [0.3, 0.4) is 0 Å². The van der Waals surface area contributed by atoms with Crippen molar-refractivity contribution in [2.75, 3.05) is 31.5 Å². The standard InChI is InChI=1S/C23H24N6O3/c1-28(16-9-10-19(31-3)20(11-16)32-4)23-27-17-13-25-21(12-18(17)29(23)2)26-15-7-5-14(6-8-15)22(24)30/h5-13H,1-4H3,(H2,24,30)(H,25,26). The summed E-state index contributed by atoms with van der Waals surface area (Å²) >= 11 is 0. The monoisotopic (exact) mass is 432 g/mol. The van der Waals surface area contributed by atoms with E-state index in [-0.39, 0.29) is 0 Å². The van der Waals surface area contributed by atoms with E-state index in [9.17, 15) is 4.79 Å². The maximum atomic E-state index is 11.2. The van der Waals surface area contributed by atoms with Gasteiger partial charge in [0.2, 0.25) is 11.9 Å². The van der Waals surface area contributed by atoms with Crippen LogP contribution in [0.5, 0.6) is 11.5 Å². The van der Waals surface area contributed by atoms with Crippen LogP contribution in [0.25, 0.3) is 11.0 Å². The smallest absolute Gasteiger partial charge is 0.248 e. The van der Waals surface area contributed by atoms with Crippen molar-refractivity contribution in [1.29, 1.82) is 0 Å². The van der Waals surface area contributed by atoms with Crippen LogP contribution in [-0.4, -0.2) is 41.7 Å². The van der Waals surface area contributed by atoms with E-state index < -0.39 is 5.91 Å². The molecule has 1 amide bonds. The van der Waals surface area contributed by atoms with Gasteiger partial charge in [-0.3, -0.25) is 4.79 Å². The van der Waals surface area contributed by atoms with E-state index in [2.05, 4.69) is 10.3 Å². The predicted octanol–water partition coefficient (Wildman–Crippen LogP) is 3.60. The minimum absolute atomic E-state index is 0.452. The van der Waals surface area contributed by atoms with Crippen LogP contribution < -0.4 is 25.4 Å². The molecule has 0 radical (unpaired) electrons. The zero-order valence-electron chi connectivity index (χ0n) is 18.3. The number of hydrogen-bond donors (Lipinski definition) is 2. The molecule has 32 heavy (non-hydrogen) atoms. The molecule has 0 atom stereocenters. The zero-order valence-corrected chi connectivity index (χ0v) is 18.3. The lowest BCUT2D eigenvalue weighted by Gasteiger charge is -2.20. The number of methoxy groups -OCH3 is 2. The molecule has 0 fully saturated rings. The molecule has 2 aromatic carbocycles. The molecular weight excluding hydrogens is 408 g/mol. The van der Waals surface area contributed by atoms with Crippen LogP contribution in [0.1, 0.15) is 10.4 Å². The molecule has 0 saturated heterocycles. The number of anilines is 4. The second kappa shape index (κ2) is 8.46. The van der Waals surface area contributed by atoms with Gasteiger partial charge in [0, 0.05) is 43.2 Å². The van der Waals surface area contributed by atoms with Crippen LogP contribution >= 0.6 is 0 Å². The first-order valence-corrected chi connectivity index (χ1v) is 9.86. The van der Waals surface area contributed by atoms with Gasteiger partial charge in [0.1, 0.15) is 11.3 Å². The number of carbonyl (C=O) groups excluding carboxylic acids is 1. The molecule has 0 bridgehead atoms. The van der Waals surface area contributed by atoms with Crippen LogP contribution in [0.4, 0.5) is 23.1 Å². The summed E-state index contributed by atoms with van der Waals surface area (Å²) in [5.41, 5.74) is 9.13. The van der Waals surface area contributed by atoms with E-state index in [1.54, 1.807) is 44.7 Å². The highest BCUT2D eigenvalue weighted by atomic mass is 16.5. The topological polar surface area (TPSA) is 108 Å². The Labute approximate surface area is 185 Å². The largest absolute Gasteiger partial charge is 0.493 e. The molecule has 0 aliphatic heterocycles. The van der Waals surface area contributed by atoms with Crippen LogP contribution in [0, 0.1) is 0 Å². The summed E-state index contributed by atoms with van der Waals surface area (Å²) < 4.78 is 12.7. The number of nitrogens with zero attached hydrogens (tertiary/aromatic N) is 4. The third-order valence-electron chi connectivity index (χ3n) is 5.24. The van der Waals surface area contributed by atoms with Crippen LogP contribution in [-0.2, 0) is 7.05 Å². The summed E-state index contributed by atoms with van der Waals surface area (Å²) in [6.07, 6.45) is 1.72. The van der Waals surface area contributed by atoms with Gasteiger partial charge in [-0.25, -0.2) is 9.97 Å². The molecule has 9 nitrogen and oxygen atoms in total. The number of rotatable bonds is 7. The van der Waals surface area contributed by atoms with Gasteiger partial charge >= 0.3 is 0 Å². The van der Waals surface area contributed by atoms with Gasteiger partial charge in [-0.15, -0.1) is 0 Å². The molecule has 2 heterocycles. The highest BCUT2D eigenvalue weighted by molar-refractivity contribution is 5.93. The van der Waals surface area contributed by atoms with E-state index >= 15 is 0 Å². The fourth-order valence-corrected chi connectivity index (χ4v) is 3.47. The first kappa shape index (κ1) is 21.0. The van der Waals surface area contributed by atoms with Gasteiger partial charge in [0.15, 0.2) is 11.5 Å². The summed E-state index contributed by atoms with van der Waals surface area (Å²) in [7, 11) is 7.11. The number of nitrogens with two attached hydrogens (primary N) is 1. The minimum Gasteiger partial charge on any atom is -0.493 e. The second-order valence-corrected chi connectivity index (χ2v) is 7.19. The van der Waals surface area contributed by atoms with E-state index in [4.69, 9.17) is 20.2 Å². The van der Waals surface area contributed by atoms with Crippen molar-refractivity contribution in [3.8, 4) is 11.5 Å². The minimum atomic E-state index is -0.461. The molecule has 3 N–H and O–H groups in total. The number of fused-ring (bicyclic) bond motifs is 1. The molecule has 164 valence electrons. The van der Waals surface area contributed by atoms with Gasteiger partial charge < -0.3 is 30.0 Å². The van der Waals surface area contributed by atoms with Crippen molar-refractivity contribution < 1.29 is 14.3 Å². The maximum absolute atomic E-state index is 11.2. The van der Waals surface area contributed by atoms with E-state index in [0.717, 1.165) is 28.4 Å². The van der Waals surface area contributed by atoms with Crippen molar-refractivity contribution in [2.24, 2.45) is 12.8 Å². The second-order valence-electron chi connectivity index (χ2n) is 7.19. The fourth-order valence-electron chi connectivity index (χ4n) is 3.47. The van der Waals surface area contributed by atoms with Crippen molar-refractivity contribution in [3.63, 3.8) is 0 Å². The summed E-state index contributed by atoms with van der Waals surface area (Å²) in [5, 5.41) is 3.24. The number of carbonyl (C=O) groups is 1. The fraction of sp³-hybridized carbons (Fsp3) is 0.174. The normalized spacial score (nSPS) is 10.8. The Morgan fingerprint density at radius 3 is 2.44 bits per heavy atom. The lowest BCUT2D eigenvalue weighted by molar-refractivity contribution is 0.100. The number of aromatic nitrogens is 3. The van der Waals surface area contributed by atoms with Gasteiger partial charge in [0.25, 0.3) is 0 Å². The van der Waals surface area contributed by atoms with Gasteiger partial charge in [-0.2, -0.15) is 0 Å². The molecule has 9 heteroatoms. The lowest BCUT2D eigenvalue weighted by Crippen LogP contribution is -2.14. The average Bonchev–Trinajstić information content (AvgIpc) is 3.14. The van der Waals surface area contributed by atoms with E-state index in [1.165, 1.54) is 0 Å². The van der Waals surface area contributed by atoms with Crippen molar-refractivity contribution in [1.82, 2.24) is 14.5 Å². The number of amides is 1. The van der Waals surface area contributed by atoms with Crippen molar-refractivity contribution in [3.05, 3.63) is 60.3 Å². The number of ether oxygens (including phenoxy) is 2. The Kier molecular flexibility index (Phi) is 5.55. The Morgan fingerprint density at radius 1 is 1.06 bits per heavy atom. The number of pyridine rings is 1. The molecule has 0 spiro atoms. The van der Waals surface area contributed by atoms with Crippen LogP contribution in [0.15, 0.2) is 54.7 Å². The van der Waals surface area contributed by atoms with Crippen molar-refractivity contribution >= 4 is 40.1 Å². The predicted molar refractivity (Wildman–Crippen MR) is 124 cm³/mol. The molecule has 0 aliphatic rings. The van der Waals surface area contributed by atoms with E-state index in [1.807, 2.05) is 47.8 Å². The summed E-state index contributed by atoms with van der Waals surface area (Å²) in [4.78, 5) is 22.4. The molecule has 4 aromatic rings. The molecule has 0 saturated carbocycles. The lowest BCUT2D eigenvalue weighted by atomic mass is 10.2. The number of primary amides is 1. The SMILES string of the molecule is COc1ccc(N(C)c2nc3cnc(Nc4ccc(C(N)=O)cc4)cc3n2C)cc1OC. The maximum Gasteiger partial charge on any atom is 0.248 e. The summed E-state index contributed by atoms with van der Waals surface area (Å²) in [5.74, 6) is 2.26. The quantitative estimate of drug-likeness (QED) is 0.459. The molecule has 4 rings (SSSR count). The molecular formula is C23H24N6O3. The first-order valence-electron chi connectivity index (χ1n) is 9.86. The Morgan fingerprint density at radius 2 is 1.78 bits per heavy atom. The first-order chi connectivity index (χ1) is 15.4. The van der Waals surface area contributed by atoms with E-state index in [0.29, 0.717) is 22.9 Å². The Balaban J connectivity index is 1.63. The summed E-state index contributed by atoms with van der Waals surface area (Å²) in [6.45, 7) is 0. The number of nitrogens with one attached hydrogen (secondary N) is 1. The molecule has 0 unspecified atom stereocenters. The van der Waals surface area contributed by atoms with Crippen LogP contribution in [0.2, 0.25) is 0 Å². The highest BCUT2D eigenvalue weighted by Gasteiger charge is 2.16. The Bertz CT molecular complexity index is 1280. The third-order valence-corrected chi connectivity index (χ3v) is 5.24. The number of hydrogen-bond acceptors (Lipinski definition) is 7. The van der Waals surface area contributed by atoms with Gasteiger partial charge in [-0.05, 0) is 36.4 Å². The van der Waals surface area contributed by atoms with Gasteiger partial charge in [-0.1, -0.05) is 0 Å². The number of aryl methyl sites for hydroxylation is 1. The highest BCUT2D eigenvalue weighted by Crippen LogP contribution is 2.34. The summed E-state index contributed by atoms with van der Waals surface area (Å²) in [6, 6.07) is 14.5. The number of imidazole rings is 1. The average molecular weight is 432 g/mol. The zero-order chi connectivity index (χ0) is 22.8. The third kappa shape index (κ3) is 3.87. The molecule has 2 aromatic heterocycles. The Hall–Kier alpha value is -4.27. The molecule has 0 aliphatic carbocycles. The van der Waals surface area contributed by atoms with Crippen molar-refractivity contribution in [2.45, 2.75) is 0 Å². The number of benzene rings is 2. The van der Waals surface area contributed by atoms with Gasteiger partial charge in [0.05, 0.1) is 25.9 Å².